The van der Waals surface area contributed by atoms with Crippen LogP contribution in [0.3, 0.4) is 0 Å². The monoisotopic (exact) mass is 271 g/mol. The zero-order chi connectivity index (χ0) is 13.9. The van der Waals surface area contributed by atoms with Crippen molar-refractivity contribution in [2.75, 3.05) is 0 Å². The number of hydrogen-bond donors (Lipinski definition) is 1. The fraction of sp³-hybridized carbons (Fsp3) is 0.588. The molecule has 1 aromatic carbocycles. The molecule has 1 saturated carbocycles. The van der Waals surface area contributed by atoms with E-state index in [0.29, 0.717) is 6.04 Å². The van der Waals surface area contributed by atoms with Gasteiger partial charge in [0.25, 0.3) is 0 Å². The van der Waals surface area contributed by atoms with Crippen molar-refractivity contribution in [2.24, 2.45) is 5.92 Å². The fourth-order valence-electron chi connectivity index (χ4n) is 3.20. The topological polar surface area (TPSA) is 29.9 Å². The zero-order valence-corrected chi connectivity index (χ0v) is 12.6. The average Bonchev–Trinajstić information content (AvgIpc) is 3.06. The Kier molecular flexibility index (Phi) is 4.06. The molecule has 1 aliphatic rings. The van der Waals surface area contributed by atoms with Gasteiger partial charge in [-0.1, -0.05) is 44.9 Å². The third-order valence-corrected chi connectivity index (χ3v) is 4.32. The number of fused-ring (bicyclic) bond motifs is 1. The standard InChI is InChI=1S/C17H25N3/c1-13(2)18-11-16-15-9-5-6-10-17(15)20(19-16)12-14-7-3-4-8-14/h5-6,9-10,13-14,18H,3-4,7-8,11-12H2,1-2H3. The number of para-hydroxylation sites is 1. The van der Waals surface area contributed by atoms with Crippen molar-refractivity contribution in [3.63, 3.8) is 0 Å². The maximum absolute atomic E-state index is 4.88. The third-order valence-electron chi connectivity index (χ3n) is 4.32. The molecule has 3 rings (SSSR count). The van der Waals surface area contributed by atoms with Crippen molar-refractivity contribution < 1.29 is 0 Å². The lowest BCUT2D eigenvalue weighted by molar-refractivity contribution is 0.433. The highest BCUT2D eigenvalue weighted by Gasteiger charge is 2.18. The van der Waals surface area contributed by atoms with E-state index >= 15 is 0 Å². The SMILES string of the molecule is CC(C)NCc1nn(CC2CCCC2)c2ccccc12. The van der Waals surface area contributed by atoms with Gasteiger partial charge in [0, 0.05) is 24.5 Å². The predicted molar refractivity (Wildman–Crippen MR) is 83.7 cm³/mol. The first-order valence-electron chi connectivity index (χ1n) is 7.92. The number of aromatic nitrogens is 2. The highest BCUT2D eigenvalue weighted by atomic mass is 15.3. The number of rotatable bonds is 5. The van der Waals surface area contributed by atoms with E-state index in [1.165, 1.54) is 42.3 Å². The minimum atomic E-state index is 0.494. The molecule has 3 nitrogen and oxygen atoms in total. The van der Waals surface area contributed by atoms with Crippen LogP contribution < -0.4 is 5.32 Å². The van der Waals surface area contributed by atoms with E-state index in [4.69, 9.17) is 5.10 Å². The van der Waals surface area contributed by atoms with Gasteiger partial charge >= 0.3 is 0 Å². The second-order valence-corrected chi connectivity index (χ2v) is 6.33. The predicted octanol–water partition coefficient (Wildman–Crippen LogP) is 3.72. The number of nitrogens with zero attached hydrogens (tertiary/aromatic N) is 2. The largest absolute Gasteiger partial charge is 0.309 e. The van der Waals surface area contributed by atoms with Crippen LogP contribution in [0.15, 0.2) is 24.3 Å². The molecule has 0 radical (unpaired) electrons. The second kappa shape index (κ2) is 5.96. The molecule has 0 bridgehead atoms. The summed E-state index contributed by atoms with van der Waals surface area (Å²) in [7, 11) is 0. The van der Waals surface area contributed by atoms with Crippen LogP contribution in [0, 0.1) is 5.92 Å². The summed E-state index contributed by atoms with van der Waals surface area (Å²) in [5, 5.41) is 9.67. The molecule has 20 heavy (non-hydrogen) atoms. The Hall–Kier alpha value is -1.35. The lowest BCUT2D eigenvalue weighted by Gasteiger charge is -2.10. The van der Waals surface area contributed by atoms with E-state index in [1.807, 2.05) is 0 Å². The van der Waals surface area contributed by atoms with E-state index in [-0.39, 0.29) is 0 Å². The molecule has 1 fully saturated rings. The van der Waals surface area contributed by atoms with Crippen molar-refractivity contribution in [1.29, 1.82) is 0 Å². The van der Waals surface area contributed by atoms with Gasteiger partial charge in [0.15, 0.2) is 0 Å². The molecule has 1 aliphatic carbocycles. The summed E-state index contributed by atoms with van der Waals surface area (Å²) in [6.07, 6.45) is 5.53. The first-order valence-corrected chi connectivity index (χ1v) is 7.92. The maximum Gasteiger partial charge on any atom is 0.0841 e. The van der Waals surface area contributed by atoms with Crippen LogP contribution in [0.4, 0.5) is 0 Å². The zero-order valence-electron chi connectivity index (χ0n) is 12.6. The molecule has 0 amide bonds. The quantitative estimate of drug-likeness (QED) is 0.898. The van der Waals surface area contributed by atoms with Crippen LogP contribution in [0.1, 0.15) is 45.2 Å². The summed E-state index contributed by atoms with van der Waals surface area (Å²) < 4.78 is 2.24. The molecule has 108 valence electrons. The number of benzene rings is 1. The molecule has 1 heterocycles. The smallest absolute Gasteiger partial charge is 0.0841 e. The van der Waals surface area contributed by atoms with Crippen LogP contribution in [0.5, 0.6) is 0 Å². The summed E-state index contributed by atoms with van der Waals surface area (Å²) in [5.41, 5.74) is 2.48. The Balaban J connectivity index is 1.87. The molecule has 1 N–H and O–H groups in total. The summed E-state index contributed by atoms with van der Waals surface area (Å²) in [6, 6.07) is 9.13. The Bertz CT molecular complexity index is 565. The summed E-state index contributed by atoms with van der Waals surface area (Å²) in [6.45, 7) is 6.30. The number of hydrogen-bond acceptors (Lipinski definition) is 2. The average molecular weight is 271 g/mol. The number of nitrogens with one attached hydrogen (secondary N) is 1. The summed E-state index contributed by atoms with van der Waals surface area (Å²) in [5.74, 6) is 0.823. The van der Waals surface area contributed by atoms with Gasteiger partial charge in [-0.15, -0.1) is 0 Å². The van der Waals surface area contributed by atoms with Crippen molar-refractivity contribution in [2.45, 2.75) is 58.7 Å². The van der Waals surface area contributed by atoms with Gasteiger partial charge in [0.2, 0.25) is 0 Å². The van der Waals surface area contributed by atoms with Crippen LogP contribution in [0.2, 0.25) is 0 Å². The van der Waals surface area contributed by atoms with Gasteiger partial charge in [-0.25, -0.2) is 0 Å². The Morgan fingerprint density at radius 2 is 2.00 bits per heavy atom. The minimum Gasteiger partial charge on any atom is -0.309 e. The Morgan fingerprint density at radius 1 is 1.25 bits per heavy atom. The third kappa shape index (κ3) is 2.88. The highest BCUT2D eigenvalue weighted by Crippen LogP contribution is 2.28. The first kappa shape index (κ1) is 13.6. The van der Waals surface area contributed by atoms with Crippen LogP contribution in [0.25, 0.3) is 10.9 Å². The van der Waals surface area contributed by atoms with E-state index in [0.717, 1.165) is 19.0 Å². The van der Waals surface area contributed by atoms with Gasteiger partial charge in [-0.05, 0) is 24.8 Å². The molecule has 1 aromatic heterocycles. The summed E-state index contributed by atoms with van der Waals surface area (Å²) in [4.78, 5) is 0. The molecule has 0 spiro atoms. The van der Waals surface area contributed by atoms with Gasteiger partial charge in [-0.3, -0.25) is 4.68 Å². The van der Waals surface area contributed by atoms with Crippen LogP contribution in [-0.2, 0) is 13.1 Å². The normalized spacial score (nSPS) is 16.6. The molecule has 0 unspecified atom stereocenters. The molecular weight excluding hydrogens is 246 g/mol. The molecule has 0 saturated heterocycles. The summed E-state index contributed by atoms with van der Waals surface area (Å²) >= 11 is 0. The van der Waals surface area contributed by atoms with E-state index in [9.17, 15) is 0 Å². The molecular formula is C17H25N3. The van der Waals surface area contributed by atoms with Gasteiger partial charge < -0.3 is 5.32 Å². The van der Waals surface area contributed by atoms with Crippen molar-refractivity contribution in [3.05, 3.63) is 30.0 Å². The van der Waals surface area contributed by atoms with Crippen LogP contribution in [-0.4, -0.2) is 15.8 Å². The Labute approximate surface area is 121 Å². The van der Waals surface area contributed by atoms with E-state index in [2.05, 4.69) is 48.1 Å². The van der Waals surface area contributed by atoms with E-state index in [1.54, 1.807) is 0 Å². The van der Waals surface area contributed by atoms with E-state index < -0.39 is 0 Å². The van der Waals surface area contributed by atoms with Crippen molar-refractivity contribution >= 4 is 10.9 Å². The minimum absolute atomic E-state index is 0.494. The first-order chi connectivity index (χ1) is 9.74. The second-order valence-electron chi connectivity index (χ2n) is 6.33. The lowest BCUT2D eigenvalue weighted by Crippen LogP contribution is -2.22. The van der Waals surface area contributed by atoms with Crippen molar-refractivity contribution in [1.82, 2.24) is 15.1 Å². The van der Waals surface area contributed by atoms with Crippen LogP contribution >= 0.6 is 0 Å². The van der Waals surface area contributed by atoms with Gasteiger partial charge in [0.05, 0.1) is 11.2 Å². The maximum atomic E-state index is 4.88. The molecule has 0 atom stereocenters. The van der Waals surface area contributed by atoms with Gasteiger partial charge in [0.1, 0.15) is 0 Å². The fourth-order valence-corrected chi connectivity index (χ4v) is 3.20. The van der Waals surface area contributed by atoms with Crippen molar-refractivity contribution in [3.8, 4) is 0 Å². The Morgan fingerprint density at radius 3 is 2.75 bits per heavy atom. The lowest BCUT2D eigenvalue weighted by atomic mass is 10.1. The molecule has 0 aliphatic heterocycles. The molecule has 2 aromatic rings. The highest BCUT2D eigenvalue weighted by molar-refractivity contribution is 5.81. The van der Waals surface area contributed by atoms with Gasteiger partial charge in [-0.2, -0.15) is 5.10 Å². The molecule has 3 heteroatoms.